The predicted octanol–water partition coefficient (Wildman–Crippen LogP) is 4.60. The van der Waals surface area contributed by atoms with Gasteiger partial charge in [0.15, 0.2) is 0 Å². The number of carbonyl (C=O) groups is 1. The zero-order chi connectivity index (χ0) is 14.4. The molecule has 1 amide bonds. The van der Waals surface area contributed by atoms with E-state index >= 15 is 0 Å². The minimum atomic E-state index is 0.289. The van der Waals surface area contributed by atoms with Crippen molar-refractivity contribution in [1.82, 2.24) is 4.90 Å². The monoisotopic (exact) mass is 299 g/mol. The van der Waals surface area contributed by atoms with Gasteiger partial charge in [0.25, 0.3) is 0 Å². The van der Waals surface area contributed by atoms with Crippen molar-refractivity contribution in [3.05, 3.63) is 0 Å². The number of amides is 1. The molecule has 116 valence electrons. The Bertz CT molecular complexity index is 299. The summed E-state index contributed by atoms with van der Waals surface area (Å²) in [5.41, 5.74) is 0. The number of piperidine rings is 1. The van der Waals surface area contributed by atoms with Gasteiger partial charge in [0.1, 0.15) is 0 Å². The van der Waals surface area contributed by atoms with Gasteiger partial charge in [-0.05, 0) is 50.9 Å². The summed E-state index contributed by atoms with van der Waals surface area (Å²) in [7, 11) is 0. The average molecular weight is 300 g/mol. The van der Waals surface area contributed by atoms with Gasteiger partial charge in [-0.2, -0.15) is 0 Å². The first kappa shape index (κ1) is 16.1. The molecule has 2 fully saturated rings. The highest BCUT2D eigenvalue weighted by Crippen LogP contribution is 2.34. The maximum atomic E-state index is 12.7. The molecule has 1 unspecified atom stereocenters. The highest BCUT2D eigenvalue weighted by Gasteiger charge is 2.33. The Kier molecular flexibility index (Phi) is 6.67. The molecular formula is C17H30ClNO. The van der Waals surface area contributed by atoms with Crippen LogP contribution >= 0.6 is 11.6 Å². The topological polar surface area (TPSA) is 20.3 Å². The number of hydrogen-bond donors (Lipinski definition) is 0. The fourth-order valence-electron chi connectivity index (χ4n) is 3.88. The van der Waals surface area contributed by atoms with Crippen molar-refractivity contribution in [1.29, 1.82) is 0 Å². The first-order chi connectivity index (χ1) is 9.76. The zero-order valence-electron chi connectivity index (χ0n) is 13.0. The highest BCUT2D eigenvalue weighted by atomic mass is 35.5. The van der Waals surface area contributed by atoms with Crippen LogP contribution in [-0.2, 0) is 4.79 Å². The van der Waals surface area contributed by atoms with Gasteiger partial charge in [0.05, 0.1) is 0 Å². The van der Waals surface area contributed by atoms with Crippen molar-refractivity contribution in [2.45, 2.75) is 77.2 Å². The number of alkyl halides is 1. The summed E-state index contributed by atoms with van der Waals surface area (Å²) in [6.07, 6.45) is 12.2. The normalized spacial score (nSPS) is 31.3. The Hall–Kier alpha value is -0.240. The molecule has 1 saturated heterocycles. The van der Waals surface area contributed by atoms with E-state index in [1.807, 2.05) is 0 Å². The summed E-state index contributed by atoms with van der Waals surface area (Å²) < 4.78 is 0. The molecule has 20 heavy (non-hydrogen) atoms. The number of likely N-dealkylation sites (tertiary alicyclic amines) is 1. The van der Waals surface area contributed by atoms with Gasteiger partial charge in [0.2, 0.25) is 5.91 Å². The van der Waals surface area contributed by atoms with E-state index < -0.39 is 0 Å². The number of nitrogens with zero attached hydrogens (tertiary/aromatic N) is 1. The Balaban J connectivity index is 1.81. The molecule has 0 aromatic heterocycles. The molecule has 2 aliphatic rings. The van der Waals surface area contributed by atoms with E-state index in [-0.39, 0.29) is 5.92 Å². The minimum absolute atomic E-state index is 0.289. The number of unbranched alkanes of at least 4 members (excludes halogenated alkanes) is 1. The van der Waals surface area contributed by atoms with E-state index in [0.717, 1.165) is 38.1 Å². The van der Waals surface area contributed by atoms with Crippen molar-refractivity contribution in [2.75, 3.05) is 12.4 Å². The molecule has 0 aromatic carbocycles. The molecule has 3 heteroatoms. The second kappa shape index (κ2) is 8.26. The average Bonchev–Trinajstić information content (AvgIpc) is 2.52. The summed E-state index contributed by atoms with van der Waals surface area (Å²) >= 11 is 6.04. The van der Waals surface area contributed by atoms with Crippen LogP contribution in [0.4, 0.5) is 0 Å². The van der Waals surface area contributed by atoms with E-state index in [2.05, 4.69) is 11.8 Å². The van der Waals surface area contributed by atoms with Gasteiger partial charge in [0, 0.05) is 24.4 Å². The van der Waals surface area contributed by atoms with E-state index in [0.29, 0.717) is 17.8 Å². The van der Waals surface area contributed by atoms with Crippen LogP contribution in [0, 0.1) is 11.8 Å². The molecule has 0 N–H and O–H groups in total. The first-order valence-electron chi connectivity index (χ1n) is 8.62. The van der Waals surface area contributed by atoms with E-state index in [9.17, 15) is 4.79 Å². The number of halogens is 1. The number of rotatable bonds is 5. The Morgan fingerprint density at radius 1 is 1.15 bits per heavy atom. The molecule has 1 aliphatic heterocycles. The maximum absolute atomic E-state index is 12.7. The van der Waals surface area contributed by atoms with Gasteiger partial charge in [-0.1, -0.05) is 26.2 Å². The van der Waals surface area contributed by atoms with Crippen molar-refractivity contribution in [2.24, 2.45) is 11.8 Å². The van der Waals surface area contributed by atoms with Gasteiger partial charge in [-0.15, -0.1) is 11.6 Å². The van der Waals surface area contributed by atoms with Crippen LogP contribution in [0.2, 0.25) is 0 Å². The number of carbonyl (C=O) groups excluding carboxylic acids is 1. The molecule has 1 heterocycles. The third kappa shape index (κ3) is 4.13. The molecular weight excluding hydrogens is 270 g/mol. The van der Waals surface area contributed by atoms with Gasteiger partial charge in [-0.3, -0.25) is 4.79 Å². The SMILES string of the molecule is CCCCC1CCC(C(=O)N2CCCCC2CCl)CC1. The molecule has 0 radical (unpaired) electrons. The van der Waals surface area contributed by atoms with Crippen molar-refractivity contribution in [3.63, 3.8) is 0 Å². The van der Waals surface area contributed by atoms with Crippen LogP contribution in [0.3, 0.4) is 0 Å². The molecule has 2 nitrogen and oxygen atoms in total. The Morgan fingerprint density at radius 2 is 1.90 bits per heavy atom. The molecule has 0 spiro atoms. The van der Waals surface area contributed by atoms with Crippen molar-refractivity contribution in [3.8, 4) is 0 Å². The van der Waals surface area contributed by atoms with Crippen LogP contribution in [0.5, 0.6) is 0 Å². The third-order valence-electron chi connectivity index (χ3n) is 5.25. The van der Waals surface area contributed by atoms with Crippen molar-refractivity contribution >= 4 is 17.5 Å². The lowest BCUT2D eigenvalue weighted by Gasteiger charge is -2.38. The summed E-state index contributed by atoms with van der Waals surface area (Å²) in [6.45, 7) is 3.20. The maximum Gasteiger partial charge on any atom is 0.225 e. The van der Waals surface area contributed by atoms with E-state index in [4.69, 9.17) is 11.6 Å². The molecule has 0 aromatic rings. The highest BCUT2D eigenvalue weighted by molar-refractivity contribution is 6.18. The fraction of sp³-hybridized carbons (Fsp3) is 0.941. The summed E-state index contributed by atoms with van der Waals surface area (Å²) in [5, 5.41) is 0. The summed E-state index contributed by atoms with van der Waals surface area (Å²) in [4.78, 5) is 14.8. The van der Waals surface area contributed by atoms with Crippen LogP contribution in [-0.4, -0.2) is 29.3 Å². The molecule has 1 atom stereocenters. The fourth-order valence-corrected chi connectivity index (χ4v) is 4.20. The van der Waals surface area contributed by atoms with Crippen LogP contribution in [0.15, 0.2) is 0 Å². The first-order valence-corrected chi connectivity index (χ1v) is 9.16. The zero-order valence-corrected chi connectivity index (χ0v) is 13.7. The molecule has 1 saturated carbocycles. The van der Waals surface area contributed by atoms with Crippen molar-refractivity contribution < 1.29 is 4.79 Å². The lowest BCUT2D eigenvalue weighted by atomic mass is 9.79. The smallest absolute Gasteiger partial charge is 0.225 e. The molecule has 1 aliphatic carbocycles. The summed E-state index contributed by atoms with van der Waals surface area (Å²) in [6, 6.07) is 0.302. The second-order valence-corrected chi connectivity index (χ2v) is 7.00. The van der Waals surface area contributed by atoms with Crippen LogP contribution in [0.1, 0.15) is 71.1 Å². The largest absolute Gasteiger partial charge is 0.338 e. The van der Waals surface area contributed by atoms with Crippen LogP contribution in [0.25, 0.3) is 0 Å². The predicted molar refractivity (Wildman–Crippen MR) is 85.0 cm³/mol. The second-order valence-electron chi connectivity index (χ2n) is 6.70. The Morgan fingerprint density at radius 3 is 2.55 bits per heavy atom. The third-order valence-corrected chi connectivity index (χ3v) is 5.61. The molecule has 0 bridgehead atoms. The van der Waals surface area contributed by atoms with Gasteiger partial charge < -0.3 is 4.90 Å². The lowest BCUT2D eigenvalue weighted by Crippen LogP contribution is -2.47. The van der Waals surface area contributed by atoms with Gasteiger partial charge in [-0.25, -0.2) is 0 Å². The lowest BCUT2D eigenvalue weighted by molar-refractivity contribution is -0.140. The molecule has 2 rings (SSSR count). The Labute approximate surface area is 129 Å². The minimum Gasteiger partial charge on any atom is -0.338 e. The van der Waals surface area contributed by atoms with Crippen LogP contribution < -0.4 is 0 Å². The van der Waals surface area contributed by atoms with E-state index in [1.165, 1.54) is 38.5 Å². The quantitative estimate of drug-likeness (QED) is 0.679. The number of hydrogen-bond acceptors (Lipinski definition) is 1. The standard InChI is InChI=1S/C17H30ClNO/c1-2-3-6-14-8-10-15(11-9-14)17(20)19-12-5-4-7-16(19)13-18/h14-16H,2-13H2,1H3. The van der Waals surface area contributed by atoms with E-state index in [1.54, 1.807) is 0 Å². The van der Waals surface area contributed by atoms with Gasteiger partial charge >= 0.3 is 0 Å². The summed E-state index contributed by atoms with van der Waals surface area (Å²) in [5.74, 6) is 2.18.